The Bertz CT molecular complexity index is 783. The standard InChI is InChI=1S/C19H20N2O5/c22-17(13-5-6-14(10-13)19(24)25)20-11-12-3-7-15(8-4-12)21-18(23)16-2-1-9-26-16/h1-4,7-9,13-14H,5-6,10-11H2,(H,20,22)(H,21,23)(H,24,25)/t13-,14+/m0/s1. The summed E-state index contributed by atoms with van der Waals surface area (Å²) in [6.45, 7) is 0.361. The maximum Gasteiger partial charge on any atom is 0.306 e. The lowest BCUT2D eigenvalue weighted by molar-refractivity contribution is -0.141. The molecule has 1 aromatic carbocycles. The first kappa shape index (κ1) is 17.7. The summed E-state index contributed by atoms with van der Waals surface area (Å²) in [4.78, 5) is 35.0. The summed E-state index contributed by atoms with van der Waals surface area (Å²) >= 11 is 0. The van der Waals surface area contributed by atoms with Crippen LogP contribution in [-0.2, 0) is 16.1 Å². The van der Waals surface area contributed by atoms with Gasteiger partial charge in [-0.25, -0.2) is 0 Å². The van der Waals surface area contributed by atoms with Gasteiger partial charge in [0.05, 0.1) is 12.2 Å². The summed E-state index contributed by atoms with van der Waals surface area (Å²) in [6.07, 6.45) is 3.00. The van der Waals surface area contributed by atoms with Crippen LogP contribution >= 0.6 is 0 Å². The Morgan fingerprint density at radius 2 is 1.81 bits per heavy atom. The van der Waals surface area contributed by atoms with Gasteiger partial charge in [-0.3, -0.25) is 14.4 Å². The molecule has 1 aromatic heterocycles. The van der Waals surface area contributed by atoms with E-state index in [2.05, 4.69) is 10.6 Å². The first-order valence-corrected chi connectivity index (χ1v) is 8.47. The van der Waals surface area contributed by atoms with Crippen LogP contribution in [0.1, 0.15) is 35.4 Å². The van der Waals surface area contributed by atoms with Crippen molar-refractivity contribution in [1.29, 1.82) is 0 Å². The van der Waals surface area contributed by atoms with E-state index in [1.165, 1.54) is 6.26 Å². The summed E-state index contributed by atoms with van der Waals surface area (Å²) in [5.74, 6) is -1.68. The number of hydrogen-bond acceptors (Lipinski definition) is 4. The van der Waals surface area contributed by atoms with Crippen molar-refractivity contribution in [3.05, 3.63) is 54.0 Å². The zero-order chi connectivity index (χ0) is 18.5. The van der Waals surface area contributed by atoms with E-state index in [9.17, 15) is 14.4 Å². The molecule has 2 atom stereocenters. The van der Waals surface area contributed by atoms with E-state index in [1.807, 2.05) is 12.1 Å². The van der Waals surface area contributed by atoms with Gasteiger partial charge in [0.15, 0.2) is 5.76 Å². The largest absolute Gasteiger partial charge is 0.481 e. The Hall–Kier alpha value is -3.09. The molecule has 0 spiro atoms. The van der Waals surface area contributed by atoms with E-state index in [-0.39, 0.29) is 23.5 Å². The summed E-state index contributed by atoms with van der Waals surface area (Å²) in [5, 5.41) is 14.6. The van der Waals surface area contributed by atoms with E-state index >= 15 is 0 Å². The van der Waals surface area contributed by atoms with Crippen molar-refractivity contribution >= 4 is 23.5 Å². The number of aliphatic carboxylic acids is 1. The van der Waals surface area contributed by atoms with Crippen LogP contribution in [0.15, 0.2) is 47.1 Å². The average molecular weight is 356 g/mol. The van der Waals surface area contributed by atoms with Gasteiger partial charge in [0.1, 0.15) is 0 Å². The molecule has 1 aliphatic rings. The Balaban J connectivity index is 1.48. The maximum atomic E-state index is 12.2. The van der Waals surface area contributed by atoms with E-state index in [0.717, 1.165) is 5.56 Å². The van der Waals surface area contributed by atoms with E-state index in [0.29, 0.717) is 31.5 Å². The number of benzene rings is 1. The molecule has 1 aliphatic carbocycles. The molecule has 0 saturated heterocycles. The quantitative estimate of drug-likeness (QED) is 0.737. The van der Waals surface area contributed by atoms with Crippen molar-refractivity contribution in [2.75, 3.05) is 5.32 Å². The topological polar surface area (TPSA) is 109 Å². The SMILES string of the molecule is O=C(Nc1ccc(CNC(=O)[C@H]2CC[C@@H](C(=O)O)C2)cc1)c1ccco1. The van der Waals surface area contributed by atoms with Crippen molar-refractivity contribution < 1.29 is 23.9 Å². The minimum Gasteiger partial charge on any atom is -0.481 e. The first-order valence-electron chi connectivity index (χ1n) is 8.47. The lowest BCUT2D eigenvalue weighted by atomic mass is 10.0. The van der Waals surface area contributed by atoms with Crippen LogP contribution in [-0.4, -0.2) is 22.9 Å². The van der Waals surface area contributed by atoms with Crippen molar-refractivity contribution in [1.82, 2.24) is 5.32 Å². The number of carbonyl (C=O) groups excluding carboxylic acids is 2. The monoisotopic (exact) mass is 356 g/mol. The fraction of sp³-hybridized carbons (Fsp3) is 0.316. The van der Waals surface area contributed by atoms with E-state index in [1.54, 1.807) is 24.3 Å². The number of carboxylic acid groups (broad SMARTS) is 1. The van der Waals surface area contributed by atoms with Crippen LogP contribution in [0.2, 0.25) is 0 Å². The van der Waals surface area contributed by atoms with Gasteiger partial charge in [-0.05, 0) is 49.1 Å². The molecule has 1 fully saturated rings. The predicted molar refractivity (Wildman–Crippen MR) is 93.4 cm³/mol. The van der Waals surface area contributed by atoms with Gasteiger partial charge in [0.2, 0.25) is 5.91 Å². The third-order valence-corrected chi connectivity index (χ3v) is 4.58. The molecule has 3 N–H and O–H groups in total. The second-order valence-electron chi connectivity index (χ2n) is 6.39. The molecule has 26 heavy (non-hydrogen) atoms. The van der Waals surface area contributed by atoms with Gasteiger partial charge in [0.25, 0.3) is 5.91 Å². The molecule has 2 aromatic rings. The Morgan fingerprint density at radius 1 is 1.08 bits per heavy atom. The van der Waals surface area contributed by atoms with Crippen LogP contribution in [0.4, 0.5) is 5.69 Å². The maximum absolute atomic E-state index is 12.2. The summed E-state index contributed by atoms with van der Waals surface area (Å²) in [7, 11) is 0. The normalized spacial score (nSPS) is 19.1. The van der Waals surface area contributed by atoms with Gasteiger partial charge >= 0.3 is 5.97 Å². The Kier molecular flexibility index (Phi) is 5.36. The van der Waals surface area contributed by atoms with Crippen molar-refractivity contribution in [3.63, 3.8) is 0 Å². The number of furan rings is 1. The molecule has 3 rings (SSSR count). The number of rotatable bonds is 6. The van der Waals surface area contributed by atoms with Crippen molar-refractivity contribution in [2.24, 2.45) is 11.8 Å². The summed E-state index contributed by atoms with van der Waals surface area (Å²) in [6, 6.07) is 10.3. The third kappa shape index (κ3) is 4.30. The minimum atomic E-state index is -0.826. The molecule has 1 saturated carbocycles. The Labute approximate surface area is 150 Å². The van der Waals surface area contributed by atoms with Crippen LogP contribution in [0.3, 0.4) is 0 Å². The van der Waals surface area contributed by atoms with Crippen LogP contribution in [0.25, 0.3) is 0 Å². The fourth-order valence-corrected chi connectivity index (χ4v) is 3.08. The second kappa shape index (κ2) is 7.86. The highest BCUT2D eigenvalue weighted by Crippen LogP contribution is 2.31. The van der Waals surface area contributed by atoms with Gasteiger partial charge in [0, 0.05) is 18.2 Å². The van der Waals surface area contributed by atoms with E-state index in [4.69, 9.17) is 9.52 Å². The summed E-state index contributed by atoms with van der Waals surface area (Å²) in [5.41, 5.74) is 1.52. The zero-order valence-electron chi connectivity index (χ0n) is 14.1. The molecule has 0 radical (unpaired) electrons. The predicted octanol–water partition coefficient (Wildman–Crippen LogP) is 2.65. The number of amides is 2. The fourth-order valence-electron chi connectivity index (χ4n) is 3.08. The van der Waals surface area contributed by atoms with Crippen LogP contribution < -0.4 is 10.6 Å². The average Bonchev–Trinajstić information content (AvgIpc) is 3.32. The number of anilines is 1. The molecule has 0 bridgehead atoms. The van der Waals surface area contributed by atoms with Crippen LogP contribution in [0.5, 0.6) is 0 Å². The molecule has 2 amide bonds. The van der Waals surface area contributed by atoms with Gasteiger partial charge in [-0.15, -0.1) is 0 Å². The highest BCUT2D eigenvalue weighted by Gasteiger charge is 2.33. The number of carboxylic acids is 1. The number of hydrogen-bond donors (Lipinski definition) is 3. The van der Waals surface area contributed by atoms with Gasteiger partial charge in [-0.2, -0.15) is 0 Å². The zero-order valence-corrected chi connectivity index (χ0v) is 14.1. The lowest BCUT2D eigenvalue weighted by Gasteiger charge is -2.11. The van der Waals surface area contributed by atoms with Crippen molar-refractivity contribution in [2.45, 2.75) is 25.8 Å². The molecule has 7 heteroatoms. The smallest absolute Gasteiger partial charge is 0.306 e. The highest BCUT2D eigenvalue weighted by molar-refractivity contribution is 6.02. The molecular weight excluding hydrogens is 336 g/mol. The highest BCUT2D eigenvalue weighted by atomic mass is 16.4. The lowest BCUT2D eigenvalue weighted by Crippen LogP contribution is -2.29. The molecule has 0 unspecified atom stereocenters. The van der Waals surface area contributed by atoms with Gasteiger partial charge in [-0.1, -0.05) is 12.1 Å². The third-order valence-electron chi connectivity index (χ3n) is 4.58. The summed E-state index contributed by atoms with van der Waals surface area (Å²) < 4.78 is 5.03. The van der Waals surface area contributed by atoms with Crippen molar-refractivity contribution in [3.8, 4) is 0 Å². The molecule has 1 heterocycles. The van der Waals surface area contributed by atoms with Gasteiger partial charge < -0.3 is 20.2 Å². The minimum absolute atomic E-state index is 0.107. The number of nitrogens with one attached hydrogen (secondary N) is 2. The first-order chi connectivity index (χ1) is 12.5. The molecular formula is C19H20N2O5. The Morgan fingerprint density at radius 3 is 2.42 bits per heavy atom. The van der Waals surface area contributed by atoms with Crippen LogP contribution in [0, 0.1) is 11.8 Å². The molecule has 136 valence electrons. The molecule has 0 aliphatic heterocycles. The van der Waals surface area contributed by atoms with E-state index < -0.39 is 11.9 Å². The molecule has 7 nitrogen and oxygen atoms in total. The second-order valence-corrected chi connectivity index (χ2v) is 6.39. The number of carbonyl (C=O) groups is 3.